The molecule has 0 radical (unpaired) electrons. The van der Waals surface area contributed by atoms with Crippen LogP contribution < -0.4 is 20.1 Å². The average molecular weight is 698 g/mol. The van der Waals surface area contributed by atoms with Gasteiger partial charge < -0.3 is 20.1 Å². The minimum atomic E-state index is -3.57. The van der Waals surface area contributed by atoms with E-state index < -0.39 is 21.7 Å². The largest absolute Gasteiger partial charge is 0.491 e. The van der Waals surface area contributed by atoms with Gasteiger partial charge in [-0.05, 0) is 97.7 Å². The van der Waals surface area contributed by atoms with Crippen molar-refractivity contribution in [2.75, 3.05) is 38.0 Å². The van der Waals surface area contributed by atoms with Crippen molar-refractivity contribution in [3.05, 3.63) is 69.6 Å². The fraction of sp³-hybridized carbons (Fsp3) is 0.528. The number of nitrogens with zero attached hydrogens (tertiary/aromatic N) is 3. The summed E-state index contributed by atoms with van der Waals surface area (Å²) in [4.78, 5) is 33.5. The lowest BCUT2D eigenvalue weighted by Gasteiger charge is -2.41. The number of nitrogens with one attached hydrogen (secondary N) is 1. The van der Waals surface area contributed by atoms with Gasteiger partial charge in [0.15, 0.2) is 5.88 Å². The van der Waals surface area contributed by atoms with Crippen LogP contribution in [0.2, 0.25) is 5.02 Å². The molecule has 12 heteroatoms. The summed E-state index contributed by atoms with van der Waals surface area (Å²) in [6, 6.07) is 11.4. The summed E-state index contributed by atoms with van der Waals surface area (Å²) in [5.74, 6) is 0.175. The van der Waals surface area contributed by atoms with Crippen LogP contribution in [0.5, 0.6) is 5.75 Å². The first-order valence-corrected chi connectivity index (χ1v) is 19.0. The molecule has 1 unspecified atom stereocenters. The van der Waals surface area contributed by atoms with Crippen LogP contribution in [0, 0.1) is 17.8 Å². The molecule has 2 heterocycles. The van der Waals surface area contributed by atoms with Gasteiger partial charge in [0.1, 0.15) is 21.2 Å². The van der Waals surface area contributed by atoms with Gasteiger partial charge in [-0.2, -0.15) is 0 Å². The van der Waals surface area contributed by atoms with Crippen molar-refractivity contribution in [2.45, 2.75) is 71.3 Å². The predicted molar refractivity (Wildman–Crippen MR) is 192 cm³/mol. The summed E-state index contributed by atoms with van der Waals surface area (Å²) in [5, 5.41) is 0.723. The van der Waals surface area contributed by atoms with E-state index in [0.717, 1.165) is 62.2 Å². The number of fused-ring (bicyclic) bond motifs is 3. The quantitative estimate of drug-likeness (QED) is 0.213. The van der Waals surface area contributed by atoms with Crippen molar-refractivity contribution in [1.82, 2.24) is 4.72 Å². The molecule has 10 nitrogen and oxygen atoms in total. The molecule has 3 aliphatic rings. The van der Waals surface area contributed by atoms with Crippen LogP contribution in [0.15, 0.2) is 57.2 Å². The van der Waals surface area contributed by atoms with Crippen molar-refractivity contribution >= 4 is 45.2 Å². The molecule has 2 aromatic carbocycles. The van der Waals surface area contributed by atoms with Crippen molar-refractivity contribution in [1.29, 1.82) is 0 Å². The fourth-order valence-electron chi connectivity index (χ4n) is 6.93. The molecule has 3 N–H and O–H groups in total. The Bertz CT molecular complexity index is 1680. The first-order valence-electron chi connectivity index (χ1n) is 17.0. The number of halogens is 1. The van der Waals surface area contributed by atoms with Crippen LogP contribution in [0.3, 0.4) is 0 Å². The lowest BCUT2D eigenvalue weighted by molar-refractivity contribution is -0.115. The molecule has 260 valence electrons. The molecule has 48 heavy (non-hydrogen) atoms. The second kappa shape index (κ2) is 16.2. The zero-order valence-electron chi connectivity index (χ0n) is 28.2. The number of hydrogen-bond acceptors (Lipinski definition) is 8. The number of ether oxygens (including phenoxy) is 2. The number of benzene rings is 2. The van der Waals surface area contributed by atoms with E-state index in [-0.39, 0.29) is 28.7 Å². The van der Waals surface area contributed by atoms with E-state index in [4.69, 9.17) is 26.8 Å². The monoisotopic (exact) mass is 697 g/mol. The lowest BCUT2D eigenvalue weighted by Crippen LogP contribution is -2.38. The number of amides is 2. The summed E-state index contributed by atoms with van der Waals surface area (Å²) >= 11 is 6.44. The van der Waals surface area contributed by atoms with E-state index in [1.165, 1.54) is 44.3 Å². The number of aliphatic imine (C=N–C) groups is 1. The molecule has 0 spiro atoms. The molecule has 0 saturated heterocycles. The number of carbonyl (C=O) groups excluding carboxylic acids is 2. The number of rotatable bonds is 4. The standard InChI is InChI=1S/C36H48ClN5O5S/c1-24-8-4-5-9-25-11-12-28(25)21-42-22-29-13-15-30(37)18-26(29)10-6-7-17-47-33-16-14-27(19-32(33)42)35(43)40-48(45,23-24)41-36(44)31(20-39-2)34(38)46-3/h13-16,18-20,24-25,28H,4-12,17,21-23,38H2,1-3H3,(H,40,41,43,44,45)/t24-,25+,28-,48?/m0/s1. The summed E-state index contributed by atoms with van der Waals surface area (Å²) < 4.78 is 32.6. The molecule has 0 aromatic heterocycles. The van der Waals surface area contributed by atoms with E-state index in [0.29, 0.717) is 30.7 Å². The zero-order valence-corrected chi connectivity index (χ0v) is 29.8. The minimum Gasteiger partial charge on any atom is -0.491 e. The highest BCUT2D eigenvalue weighted by Crippen LogP contribution is 2.42. The number of carbonyl (C=O) groups is 2. The van der Waals surface area contributed by atoms with E-state index >= 15 is 0 Å². The maximum absolute atomic E-state index is 14.4. The summed E-state index contributed by atoms with van der Waals surface area (Å²) in [7, 11) is -0.764. The van der Waals surface area contributed by atoms with Crippen molar-refractivity contribution in [3.63, 3.8) is 0 Å². The average Bonchev–Trinajstić information content (AvgIpc) is 3.07. The molecule has 1 fully saturated rings. The Morgan fingerprint density at radius 2 is 1.90 bits per heavy atom. The van der Waals surface area contributed by atoms with E-state index in [1.54, 1.807) is 12.1 Å². The van der Waals surface area contributed by atoms with Crippen molar-refractivity contribution in [2.24, 2.45) is 32.8 Å². The second-order valence-electron chi connectivity index (χ2n) is 13.3. The van der Waals surface area contributed by atoms with E-state index in [1.807, 2.05) is 19.1 Å². The third-order valence-electron chi connectivity index (χ3n) is 9.71. The third-order valence-corrected chi connectivity index (χ3v) is 11.9. The Hall–Kier alpha value is -3.57. The molecule has 1 aliphatic carbocycles. The van der Waals surface area contributed by atoms with Gasteiger partial charge in [0.05, 0.1) is 25.2 Å². The molecular formula is C36H48ClN5O5S. The van der Waals surface area contributed by atoms with E-state index in [9.17, 15) is 13.8 Å². The van der Waals surface area contributed by atoms with E-state index in [2.05, 4.69) is 31.1 Å². The molecule has 2 amide bonds. The van der Waals surface area contributed by atoms with Crippen LogP contribution >= 0.6 is 11.6 Å². The molecule has 2 aliphatic heterocycles. The summed E-state index contributed by atoms with van der Waals surface area (Å²) in [6.07, 6.45) is 10.3. The maximum atomic E-state index is 14.4. The molecule has 2 bridgehead atoms. The van der Waals surface area contributed by atoms with Crippen LogP contribution in [0.4, 0.5) is 5.69 Å². The van der Waals surface area contributed by atoms with Gasteiger partial charge in [-0.1, -0.05) is 43.9 Å². The predicted octanol–water partition coefficient (Wildman–Crippen LogP) is 6.45. The minimum absolute atomic E-state index is 0.0134. The highest BCUT2D eigenvalue weighted by molar-refractivity contribution is 7.92. The van der Waals surface area contributed by atoms with Crippen LogP contribution in [-0.2, 0) is 32.4 Å². The normalized spacial score (nSPS) is 26.0. The van der Waals surface area contributed by atoms with Gasteiger partial charge >= 0.3 is 0 Å². The molecular weight excluding hydrogens is 650 g/mol. The lowest BCUT2D eigenvalue weighted by atomic mass is 9.70. The summed E-state index contributed by atoms with van der Waals surface area (Å²) in [6.45, 7) is 3.99. The smallest absolute Gasteiger partial charge is 0.286 e. The highest BCUT2D eigenvalue weighted by Gasteiger charge is 2.33. The van der Waals surface area contributed by atoms with Gasteiger partial charge in [-0.25, -0.2) is 4.21 Å². The second-order valence-corrected chi connectivity index (χ2v) is 15.7. The van der Waals surface area contributed by atoms with Gasteiger partial charge in [0, 0.05) is 36.9 Å². The Morgan fingerprint density at radius 3 is 2.65 bits per heavy atom. The van der Waals surface area contributed by atoms with Crippen molar-refractivity contribution < 1.29 is 23.3 Å². The molecule has 1 saturated carbocycles. The van der Waals surface area contributed by atoms with Gasteiger partial charge in [0.25, 0.3) is 11.8 Å². The van der Waals surface area contributed by atoms with Crippen LogP contribution in [0.25, 0.3) is 0 Å². The first kappa shape index (κ1) is 35.7. The Labute approximate surface area is 289 Å². The number of hydrogen-bond donors (Lipinski definition) is 2. The van der Waals surface area contributed by atoms with Gasteiger partial charge in [-0.3, -0.25) is 19.3 Å². The summed E-state index contributed by atoms with van der Waals surface area (Å²) in [5.41, 5.74) is 9.30. The molecule has 4 atom stereocenters. The Morgan fingerprint density at radius 1 is 1.10 bits per heavy atom. The Balaban J connectivity index is 1.59. The van der Waals surface area contributed by atoms with Crippen LogP contribution in [-0.4, -0.2) is 55.3 Å². The highest BCUT2D eigenvalue weighted by atomic mass is 35.5. The number of nitrogens with two attached hydrogens (primary N) is 1. The number of methoxy groups -OCH3 is 1. The first-order chi connectivity index (χ1) is 23.1. The van der Waals surface area contributed by atoms with Gasteiger partial charge in [-0.15, -0.1) is 4.36 Å². The SMILES string of the molecule is CN=CC(C(=O)NS1(=O)=NC(=O)c2ccc3c(c2)N(Cc2ccc(Cl)cc2CCCCO3)C[C@@H]2CC[C@H]2CCCC[C@H](C)C1)=C(N)OC. The van der Waals surface area contributed by atoms with Gasteiger partial charge in [0.2, 0.25) is 0 Å². The molecule has 5 rings (SSSR count). The van der Waals surface area contributed by atoms with Crippen molar-refractivity contribution in [3.8, 4) is 5.75 Å². The topological polar surface area (TPSA) is 136 Å². The third kappa shape index (κ3) is 8.91. The molecule has 2 aromatic rings. The zero-order chi connectivity index (χ0) is 34.3. The fourth-order valence-corrected chi connectivity index (χ4v) is 9.03. The Kier molecular flexibility index (Phi) is 12.1. The number of anilines is 1. The van der Waals surface area contributed by atoms with Crippen LogP contribution in [0.1, 0.15) is 79.8 Å². The number of aryl methyl sites for hydroxylation is 1. The maximum Gasteiger partial charge on any atom is 0.286 e.